The van der Waals surface area contributed by atoms with Crippen molar-refractivity contribution in [3.63, 3.8) is 0 Å². The van der Waals surface area contributed by atoms with Gasteiger partial charge in [0.05, 0.1) is 23.2 Å². The van der Waals surface area contributed by atoms with Crippen molar-refractivity contribution < 1.29 is 33.5 Å². The summed E-state index contributed by atoms with van der Waals surface area (Å²) < 4.78 is 19.8. The molecule has 1 aromatic rings. The number of fused-ring (bicyclic) bond motifs is 1. The maximum atomic E-state index is 11.7. The van der Waals surface area contributed by atoms with Crippen LogP contribution in [0.4, 0.5) is 5.69 Å². The van der Waals surface area contributed by atoms with Gasteiger partial charge in [-0.05, 0) is 12.1 Å². The number of hydrogen-bond acceptors (Lipinski definition) is 8. The zero-order valence-electron chi connectivity index (χ0n) is 11.7. The Bertz CT molecular complexity index is 711. The first-order valence-corrected chi connectivity index (χ1v) is 6.68. The van der Waals surface area contributed by atoms with E-state index in [4.69, 9.17) is 14.2 Å². The summed E-state index contributed by atoms with van der Waals surface area (Å²) in [6.45, 7) is 0.180. The fourth-order valence-electron chi connectivity index (χ4n) is 2.16. The van der Waals surface area contributed by atoms with Crippen molar-refractivity contribution in [1.29, 1.82) is 0 Å². The van der Waals surface area contributed by atoms with Gasteiger partial charge in [-0.15, -0.1) is 0 Å². The second kappa shape index (κ2) is 5.95. The predicted octanol–water partition coefficient (Wildman–Crippen LogP) is 1.20. The Morgan fingerprint density at radius 3 is 2.70 bits per heavy atom. The summed E-state index contributed by atoms with van der Waals surface area (Å²) in [5, 5.41) is 11.1. The maximum Gasteiger partial charge on any atom is 0.347 e. The molecule has 9 nitrogen and oxygen atoms in total. The number of benzene rings is 1. The lowest BCUT2D eigenvalue weighted by atomic mass is 10.1. The fraction of sp³-hybridized carbons (Fsp3) is 0.286. The molecule has 1 atom stereocenters. The molecule has 2 aliphatic rings. The first kappa shape index (κ1) is 14.8. The van der Waals surface area contributed by atoms with Gasteiger partial charge in [-0.25, -0.2) is 9.59 Å². The van der Waals surface area contributed by atoms with Crippen LogP contribution in [0.1, 0.15) is 12.0 Å². The smallest absolute Gasteiger partial charge is 0.347 e. The lowest BCUT2D eigenvalue weighted by molar-refractivity contribution is -0.385. The zero-order valence-corrected chi connectivity index (χ0v) is 11.7. The summed E-state index contributed by atoms with van der Waals surface area (Å²) >= 11 is 0. The van der Waals surface area contributed by atoms with Crippen molar-refractivity contribution >= 4 is 23.7 Å². The number of carbonyl (C=O) groups is 2. The number of cyclic esters (lactones) is 1. The lowest BCUT2D eigenvalue weighted by Crippen LogP contribution is -2.21. The third-order valence-electron chi connectivity index (χ3n) is 3.26. The zero-order chi connectivity index (χ0) is 16.4. The van der Waals surface area contributed by atoms with Crippen LogP contribution in [-0.4, -0.2) is 36.4 Å². The largest absolute Gasteiger partial charge is 0.463 e. The molecule has 0 unspecified atom stereocenters. The molecule has 0 N–H and O–H groups in total. The highest BCUT2D eigenvalue weighted by molar-refractivity contribution is 5.90. The minimum absolute atomic E-state index is 0.0223. The first-order valence-electron chi connectivity index (χ1n) is 6.68. The van der Waals surface area contributed by atoms with Crippen molar-refractivity contribution in [3.8, 4) is 11.5 Å². The third-order valence-corrected chi connectivity index (χ3v) is 3.26. The van der Waals surface area contributed by atoms with Crippen LogP contribution in [0.5, 0.6) is 11.5 Å². The number of esters is 2. The molecule has 120 valence electrons. The average molecular weight is 321 g/mol. The molecule has 2 aliphatic heterocycles. The van der Waals surface area contributed by atoms with E-state index in [1.807, 2.05) is 0 Å². The van der Waals surface area contributed by atoms with Crippen LogP contribution in [0.3, 0.4) is 0 Å². The summed E-state index contributed by atoms with van der Waals surface area (Å²) in [5.41, 5.74) is -0.0798. The van der Waals surface area contributed by atoms with E-state index in [-0.39, 0.29) is 30.4 Å². The molecule has 0 spiro atoms. The van der Waals surface area contributed by atoms with Gasteiger partial charge in [0.1, 0.15) is 0 Å². The van der Waals surface area contributed by atoms with E-state index in [1.54, 1.807) is 0 Å². The van der Waals surface area contributed by atoms with Crippen LogP contribution >= 0.6 is 0 Å². The molecule has 1 aromatic carbocycles. The highest BCUT2D eigenvalue weighted by atomic mass is 16.7. The van der Waals surface area contributed by atoms with E-state index in [0.29, 0.717) is 12.2 Å². The van der Waals surface area contributed by atoms with Gasteiger partial charge in [0, 0.05) is 12.5 Å². The molecule has 2 heterocycles. The summed E-state index contributed by atoms with van der Waals surface area (Å²) in [6, 6.07) is 2.62. The predicted molar refractivity (Wildman–Crippen MR) is 73.7 cm³/mol. The molecule has 0 radical (unpaired) electrons. The summed E-state index contributed by atoms with van der Waals surface area (Å²) in [7, 11) is 0. The molecule has 0 bridgehead atoms. The number of ether oxygens (including phenoxy) is 4. The minimum atomic E-state index is -0.932. The van der Waals surface area contributed by atoms with Gasteiger partial charge < -0.3 is 18.9 Å². The van der Waals surface area contributed by atoms with Crippen molar-refractivity contribution in [2.24, 2.45) is 0 Å². The van der Waals surface area contributed by atoms with Gasteiger partial charge in [-0.1, -0.05) is 0 Å². The van der Waals surface area contributed by atoms with E-state index in [1.165, 1.54) is 18.2 Å². The highest BCUT2D eigenvalue weighted by Gasteiger charge is 2.29. The number of carbonyl (C=O) groups excluding carboxylic acids is 2. The van der Waals surface area contributed by atoms with E-state index < -0.39 is 23.0 Å². The van der Waals surface area contributed by atoms with E-state index >= 15 is 0 Å². The molecular weight excluding hydrogens is 310 g/mol. The van der Waals surface area contributed by atoms with E-state index in [0.717, 1.165) is 6.08 Å². The number of nitro benzene ring substituents is 1. The average Bonchev–Trinajstić information content (AvgIpc) is 3.13. The Balaban J connectivity index is 1.77. The summed E-state index contributed by atoms with van der Waals surface area (Å²) in [6.07, 6.45) is 1.60. The number of nitro groups is 1. The normalized spacial score (nSPS) is 19.0. The molecule has 3 rings (SSSR count). The van der Waals surface area contributed by atoms with Gasteiger partial charge in [-0.3, -0.25) is 10.1 Å². The van der Waals surface area contributed by atoms with Crippen molar-refractivity contribution in [2.45, 2.75) is 12.5 Å². The van der Waals surface area contributed by atoms with Crippen LogP contribution in [0.2, 0.25) is 0 Å². The van der Waals surface area contributed by atoms with Gasteiger partial charge in [0.2, 0.25) is 12.9 Å². The fourth-order valence-corrected chi connectivity index (χ4v) is 2.16. The minimum Gasteiger partial charge on any atom is -0.463 e. The Morgan fingerprint density at radius 2 is 2.04 bits per heavy atom. The molecule has 0 aliphatic carbocycles. The Labute approximate surface area is 129 Å². The van der Waals surface area contributed by atoms with E-state index in [2.05, 4.69) is 4.74 Å². The Kier molecular flexibility index (Phi) is 3.83. The Hall–Kier alpha value is -3.10. The SMILES string of the molecule is O=C(/C=C/c1cc2c(cc1[N+](=O)[O-])OCO2)O[C@@H]1CCOC1=O. The van der Waals surface area contributed by atoms with Gasteiger partial charge in [-0.2, -0.15) is 0 Å². The molecule has 9 heteroatoms. The molecule has 0 amide bonds. The second-order valence-electron chi connectivity index (χ2n) is 4.74. The van der Waals surface area contributed by atoms with Gasteiger partial charge >= 0.3 is 11.9 Å². The number of rotatable bonds is 4. The first-order chi connectivity index (χ1) is 11.0. The number of nitrogens with zero attached hydrogens (tertiary/aromatic N) is 1. The monoisotopic (exact) mass is 321 g/mol. The van der Waals surface area contributed by atoms with Gasteiger partial charge in [0.15, 0.2) is 11.5 Å². The van der Waals surface area contributed by atoms with Crippen LogP contribution in [0.15, 0.2) is 18.2 Å². The summed E-state index contributed by atoms with van der Waals surface area (Å²) in [4.78, 5) is 33.4. The molecular formula is C14H11NO8. The topological polar surface area (TPSA) is 114 Å². The van der Waals surface area contributed by atoms with E-state index in [9.17, 15) is 19.7 Å². The quantitative estimate of drug-likeness (QED) is 0.351. The van der Waals surface area contributed by atoms with Crippen molar-refractivity contribution in [1.82, 2.24) is 0 Å². The molecule has 1 saturated heterocycles. The molecule has 23 heavy (non-hydrogen) atoms. The van der Waals surface area contributed by atoms with Crippen LogP contribution in [0, 0.1) is 10.1 Å². The Morgan fingerprint density at radius 1 is 1.30 bits per heavy atom. The van der Waals surface area contributed by atoms with Crippen LogP contribution in [0.25, 0.3) is 6.08 Å². The van der Waals surface area contributed by atoms with Gasteiger partial charge in [0.25, 0.3) is 5.69 Å². The van der Waals surface area contributed by atoms with Crippen molar-refractivity contribution in [2.75, 3.05) is 13.4 Å². The molecule has 0 saturated carbocycles. The number of hydrogen-bond donors (Lipinski definition) is 0. The maximum absolute atomic E-state index is 11.7. The highest BCUT2D eigenvalue weighted by Crippen LogP contribution is 2.38. The summed E-state index contributed by atoms with van der Waals surface area (Å²) in [5.74, 6) is -0.769. The van der Waals surface area contributed by atoms with Crippen molar-refractivity contribution in [3.05, 3.63) is 33.9 Å². The molecule has 0 aromatic heterocycles. The lowest BCUT2D eigenvalue weighted by Gasteiger charge is -2.05. The molecule has 1 fully saturated rings. The third kappa shape index (κ3) is 3.07. The second-order valence-corrected chi connectivity index (χ2v) is 4.74. The van der Waals surface area contributed by atoms with Crippen LogP contribution < -0.4 is 9.47 Å². The standard InChI is InChI=1S/C14H11NO8/c16-13(23-10-3-4-20-14(10)17)2-1-8-5-11-12(22-7-21-11)6-9(8)15(18)19/h1-2,5-6,10H,3-4,7H2/b2-1+/t10-/m1/s1. The van der Waals surface area contributed by atoms with Crippen LogP contribution in [-0.2, 0) is 19.1 Å².